The predicted molar refractivity (Wildman–Crippen MR) is 80.9 cm³/mol. The molecule has 7 heteroatoms. The second-order valence-electron chi connectivity index (χ2n) is 4.61. The minimum atomic E-state index is -0.665. The Hall–Kier alpha value is -0.680. The summed E-state index contributed by atoms with van der Waals surface area (Å²) in [5.74, 6) is -0.0797. The fraction of sp³-hybridized carbons (Fsp3) is 0.462. The lowest BCUT2D eigenvalue weighted by atomic mass is 10.0. The maximum absolute atomic E-state index is 11.8. The van der Waals surface area contributed by atoms with Crippen molar-refractivity contribution < 1.29 is 14.6 Å². The highest BCUT2D eigenvalue weighted by Crippen LogP contribution is 2.33. The van der Waals surface area contributed by atoms with E-state index in [0.29, 0.717) is 16.5 Å². The average molecular weight is 341 g/mol. The van der Waals surface area contributed by atoms with Gasteiger partial charge in [0.25, 0.3) is 5.91 Å². The Balaban J connectivity index is 2.64. The summed E-state index contributed by atoms with van der Waals surface area (Å²) in [4.78, 5) is 11.8. The summed E-state index contributed by atoms with van der Waals surface area (Å²) in [5, 5.41) is 12.8. The van der Waals surface area contributed by atoms with Crippen molar-refractivity contribution >= 4 is 40.7 Å². The number of rotatable bonds is 6. The molecule has 0 radical (unpaired) electrons. The lowest BCUT2D eigenvalue weighted by molar-refractivity contribution is -0.125. The van der Waals surface area contributed by atoms with Gasteiger partial charge in [0, 0.05) is 6.07 Å². The number of hydrogen-bond donors (Lipinski definition) is 2. The molecule has 4 nitrogen and oxygen atoms in total. The van der Waals surface area contributed by atoms with Crippen molar-refractivity contribution in [3.8, 4) is 5.75 Å². The van der Waals surface area contributed by atoms with E-state index in [1.54, 1.807) is 6.92 Å². The maximum Gasteiger partial charge on any atom is 0.258 e. The van der Waals surface area contributed by atoms with Crippen LogP contribution in [0.15, 0.2) is 12.1 Å². The van der Waals surface area contributed by atoms with Crippen molar-refractivity contribution in [3.63, 3.8) is 0 Å². The van der Waals surface area contributed by atoms with Crippen LogP contribution in [-0.4, -0.2) is 29.8 Å². The molecule has 1 unspecified atom stereocenters. The lowest BCUT2D eigenvalue weighted by Gasteiger charge is -2.27. The van der Waals surface area contributed by atoms with E-state index < -0.39 is 5.54 Å². The van der Waals surface area contributed by atoms with Gasteiger partial charge in [0.05, 0.1) is 27.2 Å². The quantitative estimate of drug-likeness (QED) is 0.781. The first-order chi connectivity index (χ1) is 9.31. The summed E-state index contributed by atoms with van der Waals surface area (Å²) >= 11 is 17.6. The van der Waals surface area contributed by atoms with E-state index in [4.69, 9.17) is 39.5 Å². The summed E-state index contributed by atoms with van der Waals surface area (Å²) < 4.78 is 5.30. The summed E-state index contributed by atoms with van der Waals surface area (Å²) in [5.41, 5.74) is -0.665. The van der Waals surface area contributed by atoms with E-state index in [1.165, 1.54) is 12.1 Å². The van der Waals surface area contributed by atoms with Gasteiger partial charge in [-0.25, -0.2) is 0 Å². The van der Waals surface area contributed by atoms with Crippen LogP contribution in [-0.2, 0) is 4.79 Å². The van der Waals surface area contributed by atoms with Crippen LogP contribution in [0.25, 0.3) is 0 Å². The molecule has 0 heterocycles. The predicted octanol–water partition coefficient (Wildman–Crippen LogP) is 3.30. The van der Waals surface area contributed by atoms with Gasteiger partial charge in [0.15, 0.2) is 6.61 Å². The largest absolute Gasteiger partial charge is 0.482 e. The molecular weight excluding hydrogens is 325 g/mol. The van der Waals surface area contributed by atoms with Gasteiger partial charge in [-0.05, 0) is 19.4 Å². The van der Waals surface area contributed by atoms with Crippen LogP contribution in [0.1, 0.15) is 20.3 Å². The summed E-state index contributed by atoms with van der Waals surface area (Å²) in [7, 11) is 0. The van der Waals surface area contributed by atoms with Crippen LogP contribution in [0.2, 0.25) is 15.1 Å². The number of carbonyl (C=O) groups is 1. The molecule has 0 spiro atoms. The van der Waals surface area contributed by atoms with Crippen molar-refractivity contribution in [1.82, 2.24) is 5.32 Å². The molecule has 1 rings (SSSR count). The van der Waals surface area contributed by atoms with Crippen molar-refractivity contribution in [2.45, 2.75) is 25.8 Å². The fourth-order valence-electron chi connectivity index (χ4n) is 1.37. The third kappa shape index (κ3) is 4.70. The molecule has 1 amide bonds. The molecule has 1 aromatic rings. The van der Waals surface area contributed by atoms with Crippen molar-refractivity contribution in [2.75, 3.05) is 13.2 Å². The average Bonchev–Trinajstić information content (AvgIpc) is 2.41. The topological polar surface area (TPSA) is 58.6 Å². The summed E-state index contributed by atoms with van der Waals surface area (Å²) in [6.45, 7) is 3.24. The van der Waals surface area contributed by atoms with Gasteiger partial charge in [-0.2, -0.15) is 0 Å². The first-order valence-electron chi connectivity index (χ1n) is 6.00. The Bertz CT molecular complexity index is 490. The third-order valence-corrected chi connectivity index (χ3v) is 3.92. The van der Waals surface area contributed by atoms with Crippen LogP contribution in [0.4, 0.5) is 0 Å². The fourth-order valence-corrected chi connectivity index (χ4v) is 1.96. The van der Waals surface area contributed by atoms with Gasteiger partial charge in [-0.15, -0.1) is 0 Å². The molecular formula is C13H16Cl3NO3. The number of carbonyl (C=O) groups excluding carboxylic acids is 1. The Morgan fingerprint density at radius 3 is 2.45 bits per heavy atom. The van der Waals surface area contributed by atoms with Gasteiger partial charge in [0.1, 0.15) is 5.75 Å². The molecule has 0 saturated heterocycles. The number of aliphatic hydroxyl groups is 1. The van der Waals surface area contributed by atoms with E-state index in [-0.39, 0.29) is 29.9 Å². The number of hydrogen-bond acceptors (Lipinski definition) is 3. The molecule has 0 aliphatic heterocycles. The molecule has 0 aromatic heterocycles. The number of ether oxygens (including phenoxy) is 1. The van der Waals surface area contributed by atoms with Crippen molar-refractivity contribution in [1.29, 1.82) is 0 Å². The third-order valence-electron chi connectivity index (χ3n) is 2.90. The van der Waals surface area contributed by atoms with E-state index in [1.807, 2.05) is 6.92 Å². The standard InChI is InChI=1S/C13H16Cl3NO3/c1-3-13(2,7-18)17-12(19)6-20-11-5-9(15)8(14)4-10(11)16/h4-5,18H,3,6-7H2,1-2H3,(H,17,19). The zero-order valence-corrected chi connectivity index (χ0v) is 13.4. The Morgan fingerprint density at radius 2 is 1.90 bits per heavy atom. The van der Waals surface area contributed by atoms with E-state index in [2.05, 4.69) is 5.32 Å². The molecule has 1 atom stereocenters. The van der Waals surface area contributed by atoms with Gasteiger partial charge in [-0.3, -0.25) is 4.79 Å². The van der Waals surface area contributed by atoms with Crippen LogP contribution in [0.3, 0.4) is 0 Å². The second kappa shape index (κ2) is 7.36. The number of halogens is 3. The van der Waals surface area contributed by atoms with Crippen LogP contribution < -0.4 is 10.1 Å². The molecule has 0 saturated carbocycles. The van der Waals surface area contributed by atoms with E-state index >= 15 is 0 Å². The van der Waals surface area contributed by atoms with Gasteiger partial charge in [-0.1, -0.05) is 41.7 Å². The normalized spacial score (nSPS) is 13.7. The van der Waals surface area contributed by atoms with Gasteiger partial charge in [0.2, 0.25) is 0 Å². The first kappa shape index (κ1) is 17.4. The molecule has 20 heavy (non-hydrogen) atoms. The summed E-state index contributed by atoms with van der Waals surface area (Å²) in [6, 6.07) is 2.90. The minimum absolute atomic E-state index is 0.150. The van der Waals surface area contributed by atoms with Crippen molar-refractivity contribution in [3.05, 3.63) is 27.2 Å². The molecule has 0 bridgehead atoms. The zero-order valence-electron chi connectivity index (χ0n) is 11.2. The number of aliphatic hydroxyl groups excluding tert-OH is 1. The van der Waals surface area contributed by atoms with Crippen LogP contribution >= 0.6 is 34.8 Å². The number of amides is 1. The number of benzene rings is 1. The first-order valence-corrected chi connectivity index (χ1v) is 7.14. The number of nitrogens with one attached hydrogen (secondary N) is 1. The smallest absolute Gasteiger partial charge is 0.258 e. The molecule has 0 aliphatic carbocycles. The lowest BCUT2D eigenvalue weighted by Crippen LogP contribution is -2.49. The van der Waals surface area contributed by atoms with E-state index in [9.17, 15) is 9.90 Å². The zero-order chi connectivity index (χ0) is 15.3. The Labute approximate surface area is 133 Å². The maximum atomic E-state index is 11.8. The van der Waals surface area contributed by atoms with Crippen LogP contribution in [0.5, 0.6) is 5.75 Å². The highest BCUT2D eigenvalue weighted by molar-refractivity contribution is 6.43. The SMILES string of the molecule is CCC(C)(CO)NC(=O)COc1cc(Cl)c(Cl)cc1Cl. The molecule has 0 fully saturated rings. The highest BCUT2D eigenvalue weighted by Gasteiger charge is 2.23. The van der Waals surface area contributed by atoms with Gasteiger partial charge < -0.3 is 15.2 Å². The Morgan fingerprint density at radius 1 is 1.30 bits per heavy atom. The molecule has 1 aromatic carbocycles. The summed E-state index contributed by atoms with van der Waals surface area (Å²) in [6.07, 6.45) is 0.600. The second-order valence-corrected chi connectivity index (χ2v) is 5.83. The Kier molecular flexibility index (Phi) is 6.40. The van der Waals surface area contributed by atoms with Crippen LogP contribution in [0, 0.1) is 0 Å². The highest BCUT2D eigenvalue weighted by atomic mass is 35.5. The molecule has 112 valence electrons. The minimum Gasteiger partial charge on any atom is -0.482 e. The molecule has 0 aliphatic rings. The molecule has 2 N–H and O–H groups in total. The van der Waals surface area contributed by atoms with Crippen molar-refractivity contribution in [2.24, 2.45) is 0 Å². The van der Waals surface area contributed by atoms with E-state index in [0.717, 1.165) is 0 Å². The monoisotopic (exact) mass is 339 g/mol. The van der Waals surface area contributed by atoms with Gasteiger partial charge >= 0.3 is 0 Å².